The van der Waals surface area contributed by atoms with Crippen molar-refractivity contribution in [3.63, 3.8) is 0 Å². The molecule has 16 nitrogen and oxygen atoms in total. The number of ether oxygens (including phenoxy) is 5. The van der Waals surface area contributed by atoms with Crippen LogP contribution in [0.4, 0.5) is 10.5 Å². The summed E-state index contributed by atoms with van der Waals surface area (Å²) in [6.07, 6.45) is -1.29. The van der Waals surface area contributed by atoms with Crippen LogP contribution in [-0.4, -0.2) is 77.9 Å². The first-order valence-electron chi connectivity index (χ1n) is 19.7. The molecule has 0 aromatic heterocycles. The van der Waals surface area contributed by atoms with Crippen LogP contribution < -0.4 is 20.1 Å². The van der Waals surface area contributed by atoms with E-state index in [0.717, 1.165) is 0 Å². The third kappa shape index (κ3) is 14.6. The van der Waals surface area contributed by atoms with Crippen molar-refractivity contribution in [2.24, 2.45) is 17.3 Å². The van der Waals surface area contributed by atoms with Crippen molar-refractivity contribution in [1.29, 1.82) is 0 Å². The highest BCUT2D eigenvalue weighted by atomic mass is 35.5. The average Bonchev–Trinajstić information content (AvgIpc) is 3.21. The van der Waals surface area contributed by atoms with Crippen LogP contribution in [0.2, 0.25) is 5.02 Å². The number of nitrogens with one attached hydrogen (secondary N) is 2. The molecule has 3 aromatic carbocycles. The van der Waals surface area contributed by atoms with Gasteiger partial charge < -0.3 is 39.4 Å². The molecule has 1 aliphatic rings. The van der Waals surface area contributed by atoms with E-state index in [1.165, 1.54) is 43.5 Å². The van der Waals surface area contributed by atoms with Gasteiger partial charge in [-0.15, -0.1) is 0 Å². The number of aliphatic hydroxyl groups is 1. The third-order valence-electron chi connectivity index (χ3n) is 9.92. The highest BCUT2D eigenvalue weighted by Gasteiger charge is 2.38. The SMILES string of the molecule is COc1ccc(C[C@H]2NC(=O)/C=C/C[C@@H]([C@H](C)[C@H](O)Cc3ccc(COC(=O)Oc4ccc([N+](=O)[O-])cc4)cc3)OC(=O)[C@H](CC(C)C)OC(=O)C(C)(C)CNC2=O)cc1Cl. The number of amides is 2. The van der Waals surface area contributed by atoms with E-state index in [1.807, 2.05) is 13.8 Å². The molecule has 3 aromatic rings. The predicted octanol–water partition coefficient (Wildman–Crippen LogP) is 6.21. The Hall–Kier alpha value is -6.00. The Morgan fingerprint density at radius 1 is 0.984 bits per heavy atom. The molecule has 1 heterocycles. The molecule has 0 radical (unpaired) electrons. The molecule has 0 aliphatic carbocycles. The number of hydrogen-bond donors (Lipinski definition) is 3. The standard InChI is InChI=1S/C44H52ClN3O13/c1-26(2)20-38-41(52)60-36(27(3)35(49)23-28-10-12-29(13-11-28)24-58-43(54)59-32-17-15-31(16-18-32)48(55)56)8-7-9-39(50)47-34(22-30-14-19-37(57-6)33(45)21-30)40(51)46-25-44(4,5)42(53)61-38/h7,9-19,21,26-27,34-36,38,49H,8,20,22-25H2,1-6H3,(H,46,51)(H,47,50)/b9-7+/t27-,34-,35-,36+,38+/m1/s1. The van der Waals surface area contributed by atoms with Crippen molar-refractivity contribution in [3.8, 4) is 11.5 Å². The molecular weight excluding hydrogens is 814 g/mol. The van der Waals surface area contributed by atoms with Crippen molar-refractivity contribution < 1.29 is 57.7 Å². The molecule has 5 atom stereocenters. The van der Waals surface area contributed by atoms with Crippen molar-refractivity contribution >= 4 is 47.2 Å². The Labute approximate surface area is 359 Å². The number of carbonyl (C=O) groups excluding carboxylic acids is 5. The second-order valence-corrected chi connectivity index (χ2v) is 16.2. The third-order valence-corrected chi connectivity index (χ3v) is 10.2. The smallest absolute Gasteiger partial charge is 0.495 e. The van der Waals surface area contributed by atoms with Gasteiger partial charge in [0.1, 0.15) is 30.3 Å². The molecule has 61 heavy (non-hydrogen) atoms. The van der Waals surface area contributed by atoms with Crippen LogP contribution in [0.25, 0.3) is 0 Å². The van der Waals surface area contributed by atoms with Gasteiger partial charge in [-0.05, 0) is 79.6 Å². The molecule has 0 spiro atoms. The van der Waals surface area contributed by atoms with Crippen molar-refractivity contribution in [1.82, 2.24) is 10.6 Å². The number of cyclic esters (lactones) is 2. The fourth-order valence-electron chi connectivity index (χ4n) is 6.17. The van der Waals surface area contributed by atoms with Gasteiger partial charge in [0.15, 0.2) is 6.10 Å². The Morgan fingerprint density at radius 2 is 1.64 bits per heavy atom. The number of benzene rings is 3. The summed E-state index contributed by atoms with van der Waals surface area (Å²) in [5, 5.41) is 28.1. The van der Waals surface area contributed by atoms with Crippen LogP contribution in [-0.2, 0) is 52.8 Å². The van der Waals surface area contributed by atoms with Gasteiger partial charge in [0.25, 0.3) is 5.69 Å². The molecule has 0 saturated heterocycles. The van der Waals surface area contributed by atoms with Crippen LogP contribution in [0.5, 0.6) is 11.5 Å². The Bertz CT molecular complexity index is 2050. The van der Waals surface area contributed by atoms with Crippen molar-refractivity contribution in [3.05, 3.63) is 111 Å². The Morgan fingerprint density at radius 3 is 2.26 bits per heavy atom. The summed E-state index contributed by atoms with van der Waals surface area (Å²) < 4.78 is 27.2. The number of halogens is 1. The first-order valence-corrected chi connectivity index (χ1v) is 20.1. The van der Waals surface area contributed by atoms with E-state index in [9.17, 15) is 39.2 Å². The highest BCUT2D eigenvalue weighted by molar-refractivity contribution is 6.32. The largest absolute Gasteiger partial charge is 0.514 e. The monoisotopic (exact) mass is 865 g/mol. The second kappa shape index (κ2) is 22.0. The van der Waals surface area contributed by atoms with Crippen molar-refractivity contribution in [2.45, 2.75) is 91.3 Å². The molecule has 2 amide bonds. The van der Waals surface area contributed by atoms with Crippen LogP contribution >= 0.6 is 11.6 Å². The number of nitrogens with zero attached hydrogens (tertiary/aromatic N) is 1. The molecule has 17 heteroatoms. The van der Waals surface area contributed by atoms with Gasteiger partial charge in [-0.25, -0.2) is 9.59 Å². The zero-order valence-electron chi connectivity index (χ0n) is 34.9. The number of carbonyl (C=O) groups is 5. The number of hydrogen-bond acceptors (Lipinski definition) is 13. The fraction of sp³-hybridized carbons (Fsp3) is 0.432. The van der Waals surface area contributed by atoms with Gasteiger partial charge in [0, 0.05) is 37.4 Å². The van der Waals surface area contributed by atoms with E-state index in [0.29, 0.717) is 27.5 Å². The van der Waals surface area contributed by atoms with Gasteiger partial charge in [-0.3, -0.25) is 24.5 Å². The molecule has 328 valence electrons. The van der Waals surface area contributed by atoms with Gasteiger partial charge in [0.05, 0.1) is 28.6 Å². The Kier molecular flexibility index (Phi) is 17.2. The molecule has 0 bridgehead atoms. The topological polar surface area (TPSA) is 219 Å². The molecule has 0 fully saturated rings. The number of methoxy groups -OCH3 is 1. The summed E-state index contributed by atoms with van der Waals surface area (Å²) >= 11 is 6.33. The van der Waals surface area contributed by atoms with Gasteiger partial charge in [0.2, 0.25) is 11.8 Å². The molecule has 0 unspecified atom stereocenters. The first kappa shape index (κ1) is 47.7. The van der Waals surface area contributed by atoms with Crippen LogP contribution in [0.1, 0.15) is 64.2 Å². The van der Waals surface area contributed by atoms with E-state index >= 15 is 0 Å². The lowest BCUT2D eigenvalue weighted by Gasteiger charge is -2.31. The minimum absolute atomic E-state index is 0.0115. The zero-order chi connectivity index (χ0) is 44.9. The maximum absolute atomic E-state index is 13.7. The highest BCUT2D eigenvalue weighted by Crippen LogP contribution is 2.27. The molecular formula is C44H52ClN3O13. The molecule has 0 saturated carbocycles. The maximum atomic E-state index is 13.7. The number of rotatable bonds is 13. The Balaban J connectivity index is 1.49. The minimum Gasteiger partial charge on any atom is -0.495 e. The van der Waals surface area contributed by atoms with Gasteiger partial charge in [-0.2, -0.15) is 0 Å². The number of nitro groups is 1. The lowest BCUT2D eigenvalue weighted by atomic mass is 9.90. The van der Waals surface area contributed by atoms with Crippen LogP contribution in [0, 0.1) is 27.4 Å². The number of esters is 2. The summed E-state index contributed by atoms with van der Waals surface area (Å²) in [6, 6.07) is 15.7. The lowest BCUT2D eigenvalue weighted by molar-refractivity contribution is -0.384. The number of non-ortho nitro benzene ring substituents is 1. The zero-order valence-corrected chi connectivity index (χ0v) is 35.6. The maximum Gasteiger partial charge on any atom is 0.514 e. The average molecular weight is 866 g/mol. The fourth-order valence-corrected chi connectivity index (χ4v) is 6.45. The summed E-state index contributed by atoms with van der Waals surface area (Å²) in [5.41, 5.74) is 0.519. The van der Waals surface area contributed by atoms with E-state index in [1.54, 1.807) is 63.2 Å². The lowest BCUT2D eigenvalue weighted by Crippen LogP contribution is -2.51. The molecule has 3 N–H and O–H groups in total. The number of aliphatic hydroxyl groups excluding tert-OH is 1. The minimum atomic E-state index is -1.29. The summed E-state index contributed by atoms with van der Waals surface area (Å²) in [5.74, 6) is -2.98. The summed E-state index contributed by atoms with van der Waals surface area (Å²) in [4.78, 5) is 76.6. The summed E-state index contributed by atoms with van der Waals surface area (Å²) in [6.45, 7) is 8.24. The number of nitro benzene ring substituents is 1. The van der Waals surface area contributed by atoms with Gasteiger partial charge in [-0.1, -0.05) is 68.8 Å². The van der Waals surface area contributed by atoms with E-state index in [2.05, 4.69) is 10.6 Å². The van der Waals surface area contributed by atoms with E-state index < -0.39 is 70.5 Å². The van der Waals surface area contributed by atoms with Crippen LogP contribution in [0.15, 0.2) is 78.9 Å². The van der Waals surface area contributed by atoms with Crippen molar-refractivity contribution in [2.75, 3.05) is 13.7 Å². The predicted molar refractivity (Wildman–Crippen MR) is 223 cm³/mol. The quantitative estimate of drug-likeness (QED) is 0.0573. The van der Waals surface area contributed by atoms with E-state index in [-0.39, 0.29) is 56.2 Å². The second-order valence-electron chi connectivity index (χ2n) is 15.8. The first-order chi connectivity index (χ1) is 28.8. The van der Waals surface area contributed by atoms with Crippen LogP contribution in [0.3, 0.4) is 0 Å². The van der Waals surface area contributed by atoms with Gasteiger partial charge >= 0.3 is 18.1 Å². The summed E-state index contributed by atoms with van der Waals surface area (Å²) in [7, 11) is 1.48. The molecule has 1 aliphatic heterocycles. The van der Waals surface area contributed by atoms with E-state index in [4.69, 9.17) is 35.3 Å². The normalized spacial score (nSPS) is 20.2. The molecule has 4 rings (SSSR count).